The Morgan fingerprint density at radius 3 is 2.67 bits per heavy atom. The zero-order chi connectivity index (χ0) is 8.55. The SMILES string of the molecule is CC(C)OCC1CC2C=CC1C2. The Morgan fingerprint density at radius 1 is 1.33 bits per heavy atom. The number of hydrogen-bond donors (Lipinski definition) is 0. The Kier molecular flexibility index (Phi) is 2.22. The average Bonchev–Trinajstić information content (AvgIpc) is 2.60. The first-order valence-electron chi connectivity index (χ1n) is 5.05. The van der Waals surface area contributed by atoms with E-state index in [2.05, 4.69) is 26.0 Å². The summed E-state index contributed by atoms with van der Waals surface area (Å²) < 4.78 is 5.64. The van der Waals surface area contributed by atoms with Crippen molar-refractivity contribution in [2.75, 3.05) is 6.61 Å². The Labute approximate surface area is 74.8 Å². The van der Waals surface area contributed by atoms with Crippen LogP contribution in [0.4, 0.5) is 0 Å². The molecule has 2 aliphatic carbocycles. The van der Waals surface area contributed by atoms with Crippen molar-refractivity contribution >= 4 is 0 Å². The fourth-order valence-electron chi connectivity index (χ4n) is 2.40. The summed E-state index contributed by atoms with van der Waals surface area (Å²) in [5, 5.41) is 0. The van der Waals surface area contributed by atoms with Crippen molar-refractivity contribution in [2.24, 2.45) is 17.8 Å². The summed E-state index contributed by atoms with van der Waals surface area (Å²) in [6, 6.07) is 0. The van der Waals surface area contributed by atoms with Crippen LogP contribution >= 0.6 is 0 Å². The van der Waals surface area contributed by atoms with E-state index < -0.39 is 0 Å². The van der Waals surface area contributed by atoms with E-state index in [-0.39, 0.29) is 0 Å². The van der Waals surface area contributed by atoms with Gasteiger partial charge < -0.3 is 4.74 Å². The van der Waals surface area contributed by atoms with Crippen LogP contribution in [0.3, 0.4) is 0 Å². The molecule has 3 unspecified atom stereocenters. The molecular weight excluding hydrogens is 148 g/mol. The van der Waals surface area contributed by atoms with E-state index in [9.17, 15) is 0 Å². The molecular formula is C11H18O. The normalized spacial score (nSPS) is 38.4. The second-order valence-corrected chi connectivity index (χ2v) is 4.42. The van der Waals surface area contributed by atoms with Gasteiger partial charge in [0.2, 0.25) is 0 Å². The summed E-state index contributed by atoms with van der Waals surface area (Å²) in [5.41, 5.74) is 0. The highest BCUT2D eigenvalue weighted by molar-refractivity contribution is 5.09. The minimum absolute atomic E-state index is 0.396. The van der Waals surface area contributed by atoms with Crippen LogP contribution in [0, 0.1) is 17.8 Å². The molecule has 0 saturated heterocycles. The second-order valence-electron chi connectivity index (χ2n) is 4.42. The maximum absolute atomic E-state index is 5.64. The molecule has 1 heteroatoms. The molecule has 0 aromatic carbocycles. The number of hydrogen-bond acceptors (Lipinski definition) is 1. The highest BCUT2D eigenvalue weighted by Crippen LogP contribution is 2.43. The lowest BCUT2D eigenvalue weighted by Gasteiger charge is -2.19. The molecule has 0 spiro atoms. The van der Waals surface area contributed by atoms with Gasteiger partial charge in [0.1, 0.15) is 0 Å². The number of ether oxygens (including phenoxy) is 1. The van der Waals surface area contributed by atoms with Crippen LogP contribution in [0.2, 0.25) is 0 Å². The van der Waals surface area contributed by atoms with Crippen LogP contribution in [-0.4, -0.2) is 12.7 Å². The lowest BCUT2D eigenvalue weighted by molar-refractivity contribution is 0.0448. The van der Waals surface area contributed by atoms with Crippen LogP contribution < -0.4 is 0 Å². The third-order valence-corrected chi connectivity index (χ3v) is 3.06. The molecule has 0 radical (unpaired) electrons. The first kappa shape index (κ1) is 8.31. The van der Waals surface area contributed by atoms with Gasteiger partial charge in [-0.3, -0.25) is 0 Å². The van der Waals surface area contributed by atoms with Crippen molar-refractivity contribution in [3.05, 3.63) is 12.2 Å². The highest BCUT2D eigenvalue weighted by atomic mass is 16.5. The van der Waals surface area contributed by atoms with Gasteiger partial charge in [-0.05, 0) is 44.4 Å². The first-order valence-corrected chi connectivity index (χ1v) is 5.05. The monoisotopic (exact) mass is 166 g/mol. The van der Waals surface area contributed by atoms with E-state index in [1.807, 2.05) is 0 Å². The van der Waals surface area contributed by atoms with Gasteiger partial charge in [0.25, 0.3) is 0 Å². The van der Waals surface area contributed by atoms with Crippen LogP contribution in [-0.2, 0) is 4.74 Å². The third kappa shape index (κ3) is 1.56. The molecule has 12 heavy (non-hydrogen) atoms. The summed E-state index contributed by atoms with van der Waals surface area (Å²) in [4.78, 5) is 0. The van der Waals surface area contributed by atoms with Crippen molar-refractivity contribution < 1.29 is 4.74 Å². The Morgan fingerprint density at radius 2 is 2.17 bits per heavy atom. The predicted octanol–water partition coefficient (Wildman–Crippen LogP) is 2.62. The topological polar surface area (TPSA) is 9.23 Å². The van der Waals surface area contributed by atoms with E-state index in [0.717, 1.165) is 24.4 Å². The lowest BCUT2D eigenvalue weighted by atomic mass is 9.95. The van der Waals surface area contributed by atoms with Crippen molar-refractivity contribution in [2.45, 2.75) is 32.8 Å². The Balaban J connectivity index is 1.80. The lowest BCUT2D eigenvalue weighted by Crippen LogP contribution is -2.17. The molecule has 0 N–H and O–H groups in total. The van der Waals surface area contributed by atoms with Gasteiger partial charge in [0.15, 0.2) is 0 Å². The fraction of sp³-hybridized carbons (Fsp3) is 0.818. The zero-order valence-electron chi connectivity index (χ0n) is 7.99. The van der Waals surface area contributed by atoms with E-state index >= 15 is 0 Å². The number of rotatable bonds is 3. The fourth-order valence-corrected chi connectivity index (χ4v) is 2.40. The summed E-state index contributed by atoms with van der Waals surface area (Å²) in [6.07, 6.45) is 7.94. The summed E-state index contributed by atoms with van der Waals surface area (Å²) in [7, 11) is 0. The van der Waals surface area contributed by atoms with Gasteiger partial charge in [-0.2, -0.15) is 0 Å². The quantitative estimate of drug-likeness (QED) is 0.586. The van der Waals surface area contributed by atoms with Gasteiger partial charge in [0.05, 0.1) is 12.7 Å². The maximum atomic E-state index is 5.64. The minimum Gasteiger partial charge on any atom is -0.378 e. The molecule has 1 saturated carbocycles. The van der Waals surface area contributed by atoms with Gasteiger partial charge in [0, 0.05) is 0 Å². The molecule has 2 aliphatic rings. The van der Waals surface area contributed by atoms with Crippen molar-refractivity contribution in [1.29, 1.82) is 0 Å². The third-order valence-electron chi connectivity index (χ3n) is 3.06. The molecule has 0 aliphatic heterocycles. The zero-order valence-corrected chi connectivity index (χ0v) is 7.99. The number of fused-ring (bicyclic) bond motifs is 2. The minimum atomic E-state index is 0.396. The Bertz CT molecular complexity index is 183. The van der Waals surface area contributed by atoms with Gasteiger partial charge in [-0.1, -0.05) is 12.2 Å². The smallest absolute Gasteiger partial charge is 0.0519 e. The van der Waals surface area contributed by atoms with Crippen LogP contribution in [0.25, 0.3) is 0 Å². The highest BCUT2D eigenvalue weighted by Gasteiger charge is 2.35. The van der Waals surface area contributed by atoms with E-state index in [1.165, 1.54) is 12.8 Å². The molecule has 0 heterocycles. The first-order chi connectivity index (χ1) is 5.75. The van der Waals surface area contributed by atoms with Crippen LogP contribution in [0.1, 0.15) is 26.7 Å². The molecule has 1 nitrogen and oxygen atoms in total. The molecule has 0 aromatic rings. The summed E-state index contributed by atoms with van der Waals surface area (Å²) in [5.74, 6) is 2.55. The van der Waals surface area contributed by atoms with E-state index in [0.29, 0.717) is 6.10 Å². The molecule has 3 atom stereocenters. The maximum Gasteiger partial charge on any atom is 0.0519 e. The predicted molar refractivity (Wildman–Crippen MR) is 49.9 cm³/mol. The van der Waals surface area contributed by atoms with E-state index in [1.54, 1.807) is 0 Å². The molecule has 68 valence electrons. The molecule has 0 amide bonds. The van der Waals surface area contributed by atoms with Gasteiger partial charge in [-0.25, -0.2) is 0 Å². The molecule has 2 rings (SSSR count). The van der Waals surface area contributed by atoms with Gasteiger partial charge in [-0.15, -0.1) is 0 Å². The average molecular weight is 166 g/mol. The summed E-state index contributed by atoms with van der Waals surface area (Å²) >= 11 is 0. The second kappa shape index (κ2) is 3.21. The standard InChI is InChI=1S/C11H18O/c1-8(2)12-7-11-6-9-3-4-10(11)5-9/h3-4,8-11H,5-7H2,1-2H3. The van der Waals surface area contributed by atoms with Crippen molar-refractivity contribution in [3.63, 3.8) is 0 Å². The van der Waals surface area contributed by atoms with Crippen molar-refractivity contribution in [3.8, 4) is 0 Å². The van der Waals surface area contributed by atoms with Crippen LogP contribution in [0.15, 0.2) is 12.2 Å². The molecule has 1 fully saturated rings. The van der Waals surface area contributed by atoms with Gasteiger partial charge >= 0.3 is 0 Å². The van der Waals surface area contributed by atoms with Crippen LogP contribution in [0.5, 0.6) is 0 Å². The van der Waals surface area contributed by atoms with E-state index in [4.69, 9.17) is 4.74 Å². The molecule has 2 bridgehead atoms. The van der Waals surface area contributed by atoms with Crippen molar-refractivity contribution in [1.82, 2.24) is 0 Å². The Hall–Kier alpha value is -0.300. The number of allylic oxidation sites excluding steroid dienone is 2. The largest absolute Gasteiger partial charge is 0.378 e. The summed E-state index contributed by atoms with van der Waals surface area (Å²) in [6.45, 7) is 5.20. The molecule has 0 aromatic heterocycles.